The lowest BCUT2D eigenvalue weighted by Crippen LogP contribution is -1.92. The molecule has 0 N–H and O–H groups in total. The highest BCUT2D eigenvalue weighted by atomic mass is 16.6. The molecule has 0 radical (unpaired) electrons. The molecule has 0 aliphatic rings. The fourth-order valence-corrected chi connectivity index (χ4v) is 1.59. The maximum Gasteiger partial charge on any atom is 0.269 e. The van der Waals surface area contributed by atoms with Crippen molar-refractivity contribution in [1.29, 1.82) is 0 Å². The first-order chi connectivity index (χ1) is 8.66. The highest BCUT2D eigenvalue weighted by Gasteiger charge is 2.03. The van der Waals surface area contributed by atoms with Gasteiger partial charge in [0.25, 0.3) is 5.69 Å². The quantitative estimate of drug-likeness (QED) is 0.466. The lowest BCUT2D eigenvalue weighted by atomic mass is 10.1. The van der Waals surface area contributed by atoms with Gasteiger partial charge in [0.05, 0.1) is 10.6 Å². The highest BCUT2D eigenvalue weighted by Crippen LogP contribution is 2.19. The molecule has 4 heteroatoms. The van der Waals surface area contributed by atoms with Crippen LogP contribution in [0.3, 0.4) is 0 Å². The number of hydrogen-bond acceptors (Lipinski definition) is 3. The van der Waals surface area contributed by atoms with Crippen molar-refractivity contribution in [1.82, 2.24) is 0 Å². The van der Waals surface area contributed by atoms with Gasteiger partial charge in [-0.05, 0) is 24.6 Å². The van der Waals surface area contributed by atoms with Crippen LogP contribution in [0, 0.1) is 10.1 Å². The number of aliphatic imine (C=N–C) groups is 1. The number of nitro groups is 1. The van der Waals surface area contributed by atoms with Crippen molar-refractivity contribution in [3.63, 3.8) is 0 Å². The van der Waals surface area contributed by atoms with E-state index in [4.69, 9.17) is 0 Å². The summed E-state index contributed by atoms with van der Waals surface area (Å²) in [5.74, 6) is 0. The maximum absolute atomic E-state index is 10.5. The van der Waals surface area contributed by atoms with Gasteiger partial charge in [0.15, 0.2) is 0 Å². The molecule has 0 atom stereocenters. The molecular formula is C14H12N2O2. The number of benzene rings is 2. The fourth-order valence-electron chi connectivity index (χ4n) is 1.59. The minimum absolute atomic E-state index is 0.0753. The number of nitro benzene ring substituents is 1. The SMILES string of the molecule is CC(=Nc1ccc([N+](=O)[O-])cc1)c1ccccc1. The van der Waals surface area contributed by atoms with Gasteiger partial charge in [-0.15, -0.1) is 0 Å². The average Bonchev–Trinajstić information content (AvgIpc) is 2.40. The van der Waals surface area contributed by atoms with E-state index < -0.39 is 4.92 Å². The van der Waals surface area contributed by atoms with Gasteiger partial charge in [-0.2, -0.15) is 0 Å². The second-order valence-electron chi connectivity index (χ2n) is 3.84. The molecule has 18 heavy (non-hydrogen) atoms. The summed E-state index contributed by atoms with van der Waals surface area (Å²) in [6, 6.07) is 16.0. The summed E-state index contributed by atoms with van der Waals surface area (Å²) in [6.45, 7) is 1.91. The van der Waals surface area contributed by atoms with Crippen molar-refractivity contribution in [2.75, 3.05) is 0 Å². The molecule has 0 aromatic heterocycles. The predicted octanol–water partition coefficient (Wildman–Crippen LogP) is 3.74. The summed E-state index contributed by atoms with van der Waals surface area (Å²) in [6.07, 6.45) is 0. The lowest BCUT2D eigenvalue weighted by molar-refractivity contribution is -0.384. The Morgan fingerprint density at radius 2 is 1.67 bits per heavy atom. The summed E-state index contributed by atoms with van der Waals surface area (Å²) >= 11 is 0. The second kappa shape index (κ2) is 5.23. The van der Waals surface area contributed by atoms with Gasteiger partial charge in [-0.3, -0.25) is 15.1 Å². The molecule has 2 aromatic carbocycles. The highest BCUT2D eigenvalue weighted by molar-refractivity contribution is 6.00. The molecule has 0 spiro atoms. The molecule has 0 saturated carbocycles. The summed E-state index contributed by atoms with van der Waals surface area (Å²) in [4.78, 5) is 14.5. The third-order valence-corrected chi connectivity index (χ3v) is 2.55. The first-order valence-electron chi connectivity index (χ1n) is 5.52. The van der Waals surface area contributed by atoms with Crippen molar-refractivity contribution in [2.24, 2.45) is 4.99 Å². The molecule has 90 valence electrons. The smallest absolute Gasteiger partial charge is 0.258 e. The van der Waals surface area contributed by atoms with Crippen molar-refractivity contribution in [2.45, 2.75) is 6.92 Å². The van der Waals surface area contributed by atoms with Gasteiger partial charge in [0.2, 0.25) is 0 Å². The molecule has 0 unspecified atom stereocenters. The molecule has 4 nitrogen and oxygen atoms in total. The third-order valence-electron chi connectivity index (χ3n) is 2.55. The van der Waals surface area contributed by atoms with Crippen LogP contribution >= 0.6 is 0 Å². The number of nitrogens with zero attached hydrogens (tertiary/aromatic N) is 2. The molecule has 0 aliphatic carbocycles. The molecular weight excluding hydrogens is 228 g/mol. The van der Waals surface area contributed by atoms with Crippen molar-refractivity contribution in [3.8, 4) is 0 Å². The Kier molecular flexibility index (Phi) is 3.48. The third kappa shape index (κ3) is 2.79. The number of non-ortho nitro benzene ring substituents is 1. The van der Waals surface area contributed by atoms with E-state index in [0.717, 1.165) is 11.3 Å². The van der Waals surface area contributed by atoms with Crippen molar-refractivity contribution in [3.05, 3.63) is 70.3 Å². The van der Waals surface area contributed by atoms with Crippen LogP contribution in [-0.4, -0.2) is 10.6 Å². The Hall–Kier alpha value is -2.49. The zero-order valence-electron chi connectivity index (χ0n) is 9.91. The van der Waals surface area contributed by atoms with Gasteiger partial charge in [-0.25, -0.2) is 0 Å². The van der Waals surface area contributed by atoms with E-state index >= 15 is 0 Å². The Morgan fingerprint density at radius 3 is 2.22 bits per heavy atom. The standard InChI is InChI=1S/C14H12N2O2/c1-11(12-5-3-2-4-6-12)15-13-7-9-14(10-8-13)16(17)18/h2-10H,1H3. The first kappa shape index (κ1) is 12.0. The zero-order chi connectivity index (χ0) is 13.0. The molecule has 0 heterocycles. The molecule has 2 aromatic rings. The van der Waals surface area contributed by atoms with Gasteiger partial charge < -0.3 is 0 Å². The van der Waals surface area contributed by atoms with E-state index in [1.54, 1.807) is 12.1 Å². The lowest BCUT2D eigenvalue weighted by Gasteiger charge is -2.00. The van der Waals surface area contributed by atoms with E-state index in [0.29, 0.717) is 5.69 Å². The van der Waals surface area contributed by atoms with Crippen LogP contribution in [0.15, 0.2) is 59.6 Å². The van der Waals surface area contributed by atoms with Crippen LogP contribution in [0.4, 0.5) is 11.4 Å². The van der Waals surface area contributed by atoms with Crippen LogP contribution < -0.4 is 0 Å². The molecule has 0 saturated heterocycles. The van der Waals surface area contributed by atoms with Crippen molar-refractivity contribution < 1.29 is 4.92 Å². The Bertz CT molecular complexity index is 575. The monoisotopic (exact) mass is 240 g/mol. The fraction of sp³-hybridized carbons (Fsp3) is 0.0714. The summed E-state index contributed by atoms with van der Waals surface area (Å²) in [7, 11) is 0. The first-order valence-corrected chi connectivity index (χ1v) is 5.52. The van der Waals surface area contributed by atoms with Crippen LogP contribution in [-0.2, 0) is 0 Å². The van der Waals surface area contributed by atoms with Gasteiger partial charge in [0.1, 0.15) is 0 Å². The zero-order valence-corrected chi connectivity index (χ0v) is 9.91. The van der Waals surface area contributed by atoms with Gasteiger partial charge in [0, 0.05) is 17.8 Å². The van der Waals surface area contributed by atoms with Crippen LogP contribution in [0.1, 0.15) is 12.5 Å². The summed E-state index contributed by atoms with van der Waals surface area (Å²) in [5, 5.41) is 10.5. The second-order valence-corrected chi connectivity index (χ2v) is 3.84. The van der Waals surface area contributed by atoms with Crippen LogP contribution in [0.25, 0.3) is 0 Å². The largest absolute Gasteiger partial charge is 0.269 e. The molecule has 0 bridgehead atoms. The minimum atomic E-state index is -0.419. The van der Waals surface area contributed by atoms with E-state index in [9.17, 15) is 10.1 Å². The van der Waals surface area contributed by atoms with Crippen LogP contribution in [0.2, 0.25) is 0 Å². The van der Waals surface area contributed by atoms with E-state index in [2.05, 4.69) is 4.99 Å². The Balaban J connectivity index is 2.25. The van der Waals surface area contributed by atoms with E-state index in [-0.39, 0.29) is 5.69 Å². The molecule has 0 aliphatic heterocycles. The summed E-state index contributed by atoms with van der Waals surface area (Å²) in [5.41, 5.74) is 2.70. The van der Waals surface area contributed by atoms with Crippen LogP contribution in [0.5, 0.6) is 0 Å². The Labute approximate surface area is 105 Å². The Morgan fingerprint density at radius 1 is 1.06 bits per heavy atom. The number of hydrogen-bond donors (Lipinski definition) is 0. The minimum Gasteiger partial charge on any atom is -0.258 e. The maximum atomic E-state index is 10.5. The number of rotatable bonds is 3. The van der Waals surface area contributed by atoms with Gasteiger partial charge in [-0.1, -0.05) is 30.3 Å². The van der Waals surface area contributed by atoms with Gasteiger partial charge >= 0.3 is 0 Å². The molecule has 0 fully saturated rings. The topological polar surface area (TPSA) is 55.5 Å². The van der Waals surface area contributed by atoms with E-state index in [1.165, 1.54) is 12.1 Å². The predicted molar refractivity (Wildman–Crippen MR) is 71.4 cm³/mol. The molecule has 0 amide bonds. The normalized spacial score (nSPS) is 11.3. The summed E-state index contributed by atoms with van der Waals surface area (Å²) < 4.78 is 0. The molecule has 2 rings (SSSR count). The van der Waals surface area contributed by atoms with E-state index in [1.807, 2.05) is 37.3 Å². The average molecular weight is 240 g/mol. The van der Waals surface area contributed by atoms with Crippen molar-refractivity contribution >= 4 is 17.1 Å².